The number of amides is 1. The van der Waals surface area contributed by atoms with Gasteiger partial charge in [0.05, 0.1) is 12.0 Å². The fourth-order valence-electron chi connectivity index (χ4n) is 2.26. The molecule has 1 saturated heterocycles. The monoisotopic (exact) mass is 217 g/mol. The topological polar surface area (TPSA) is 29.1 Å². The zero-order valence-electron chi connectivity index (χ0n) is 10.2. The lowest BCUT2D eigenvalue weighted by Gasteiger charge is -2.39. The van der Waals surface area contributed by atoms with Gasteiger partial charge in [0.25, 0.3) is 0 Å². The quantitative estimate of drug-likeness (QED) is 0.775. The van der Waals surface area contributed by atoms with Gasteiger partial charge >= 0.3 is 0 Å². The van der Waals surface area contributed by atoms with Gasteiger partial charge in [0.2, 0.25) is 5.91 Å². The van der Waals surface area contributed by atoms with Crippen molar-refractivity contribution in [1.29, 1.82) is 0 Å². The van der Waals surface area contributed by atoms with Crippen LogP contribution in [0.3, 0.4) is 0 Å². The smallest absolute Gasteiger partial charge is 0.223 e. The van der Waals surface area contributed by atoms with E-state index in [0.717, 1.165) is 6.42 Å². The fourth-order valence-corrected chi connectivity index (χ4v) is 2.26. The highest BCUT2D eigenvalue weighted by atomic mass is 16.2. The summed E-state index contributed by atoms with van der Waals surface area (Å²) < 4.78 is 0. The predicted molar refractivity (Wildman–Crippen MR) is 65.1 cm³/mol. The van der Waals surface area contributed by atoms with E-state index in [1.165, 1.54) is 11.1 Å². The van der Waals surface area contributed by atoms with Crippen molar-refractivity contribution in [3.8, 4) is 0 Å². The van der Waals surface area contributed by atoms with Crippen LogP contribution in [0.5, 0.6) is 0 Å². The Morgan fingerprint density at radius 3 is 2.31 bits per heavy atom. The molecule has 0 aromatic heterocycles. The van der Waals surface area contributed by atoms with Crippen LogP contribution in [0.4, 0.5) is 0 Å². The Hall–Kier alpha value is -1.31. The van der Waals surface area contributed by atoms with E-state index in [2.05, 4.69) is 50.4 Å². The van der Waals surface area contributed by atoms with Crippen LogP contribution in [0.25, 0.3) is 0 Å². The normalized spacial score (nSPS) is 24.1. The standard InChI is InChI=1S/C14H19NO/c1-10(2)8-11-4-6-12(7-5-11)14(3)9-13(16)15-14/h4-7,10H,8-9H2,1-3H3,(H,15,16). The number of benzene rings is 1. The van der Waals surface area contributed by atoms with Crippen LogP contribution in [-0.4, -0.2) is 5.91 Å². The van der Waals surface area contributed by atoms with Crippen molar-refractivity contribution >= 4 is 5.91 Å². The molecule has 86 valence electrons. The zero-order valence-corrected chi connectivity index (χ0v) is 10.2. The second-order valence-electron chi connectivity index (χ2n) is 5.35. The van der Waals surface area contributed by atoms with E-state index in [4.69, 9.17) is 0 Å². The van der Waals surface area contributed by atoms with Gasteiger partial charge in [0, 0.05) is 0 Å². The van der Waals surface area contributed by atoms with Crippen molar-refractivity contribution in [1.82, 2.24) is 5.32 Å². The molecule has 1 heterocycles. The Morgan fingerprint density at radius 1 is 1.31 bits per heavy atom. The summed E-state index contributed by atoms with van der Waals surface area (Å²) in [6.07, 6.45) is 1.72. The number of hydrogen-bond acceptors (Lipinski definition) is 1. The van der Waals surface area contributed by atoms with Crippen molar-refractivity contribution in [3.05, 3.63) is 35.4 Å². The fraction of sp³-hybridized carbons (Fsp3) is 0.500. The van der Waals surface area contributed by atoms with Gasteiger partial charge in [0.15, 0.2) is 0 Å². The van der Waals surface area contributed by atoms with Gasteiger partial charge in [-0.15, -0.1) is 0 Å². The minimum Gasteiger partial charge on any atom is -0.346 e. The third-order valence-corrected chi connectivity index (χ3v) is 3.16. The molecule has 1 N–H and O–H groups in total. The van der Waals surface area contributed by atoms with Crippen molar-refractivity contribution in [2.24, 2.45) is 5.92 Å². The maximum atomic E-state index is 11.0. The summed E-state index contributed by atoms with van der Waals surface area (Å²) in [4.78, 5) is 11.0. The summed E-state index contributed by atoms with van der Waals surface area (Å²) in [5, 5.41) is 2.96. The Labute approximate surface area is 97.1 Å². The lowest BCUT2D eigenvalue weighted by Crippen LogP contribution is -2.56. The van der Waals surface area contributed by atoms with Crippen molar-refractivity contribution in [3.63, 3.8) is 0 Å². The predicted octanol–water partition coefficient (Wildman–Crippen LogP) is 2.62. The van der Waals surface area contributed by atoms with Crippen LogP contribution in [-0.2, 0) is 16.8 Å². The molecule has 1 aliphatic heterocycles. The first-order chi connectivity index (χ1) is 7.49. The molecule has 0 spiro atoms. The average Bonchev–Trinajstić information content (AvgIpc) is 2.15. The lowest BCUT2D eigenvalue weighted by molar-refractivity contribution is -0.132. The summed E-state index contributed by atoms with van der Waals surface area (Å²) in [6, 6.07) is 8.62. The third-order valence-electron chi connectivity index (χ3n) is 3.16. The number of hydrogen-bond donors (Lipinski definition) is 1. The Bertz CT molecular complexity index is 384. The molecule has 0 aliphatic carbocycles. The van der Waals surface area contributed by atoms with Crippen LogP contribution in [0, 0.1) is 5.92 Å². The molecule has 2 rings (SSSR count). The number of nitrogens with one attached hydrogen (secondary N) is 1. The van der Waals surface area contributed by atoms with Gasteiger partial charge in [-0.2, -0.15) is 0 Å². The van der Waals surface area contributed by atoms with Crippen LogP contribution in [0.1, 0.15) is 38.3 Å². The minimum atomic E-state index is -0.132. The van der Waals surface area contributed by atoms with Gasteiger partial charge in [-0.05, 0) is 30.4 Å². The number of rotatable bonds is 3. The Balaban J connectivity index is 2.10. The van der Waals surface area contributed by atoms with Gasteiger partial charge in [-0.1, -0.05) is 38.1 Å². The van der Waals surface area contributed by atoms with E-state index in [1.807, 2.05) is 0 Å². The van der Waals surface area contributed by atoms with E-state index in [9.17, 15) is 4.79 Å². The third kappa shape index (κ3) is 2.11. The summed E-state index contributed by atoms with van der Waals surface area (Å²) in [6.45, 7) is 6.52. The molecule has 1 fully saturated rings. The van der Waals surface area contributed by atoms with Crippen LogP contribution >= 0.6 is 0 Å². The highest BCUT2D eigenvalue weighted by Gasteiger charge is 2.39. The SMILES string of the molecule is CC(C)Cc1ccc(C2(C)CC(=O)N2)cc1. The highest BCUT2D eigenvalue weighted by Crippen LogP contribution is 2.31. The summed E-state index contributed by atoms with van der Waals surface area (Å²) in [5.41, 5.74) is 2.44. The molecular formula is C14H19NO. The van der Waals surface area contributed by atoms with Crippen molar-refractivity contribution in [2.45, 2.75) is 39.2 Å². The second-order valence-corrected chi connectivity index (χ2v) is 5.35. The Morgan fingerprint density at radius 2 is 1.88 bits per heavy atom. The average molecular weight is 217 g/mol. The molecule has 0 radical (unpaired) electrons. The molecule has 1 atom stereocenters. The Kier molecular flexibility index (Phi) is 2.75. The largest absolute Gasteiger partial charge is 0.346 e. The number of carbonyl (C=O) groups is 1. The maximum Gasteiger partial charge on any atom is 0.223 e. The minimum absolute atomic E-state index is 0.132. The molecule has 0 saturated carbocycles. The molecular weight excluding hydrogens is 198 g/mol. The van der Waals surface area contributed by atoms with Gasteiger partial charge in [-0.3, -0.25) is 4.79 Å². The summed E-state index contributed by atoms with van der Waals surface area (Å²) >= 11 is 0. The number of carbonyl (C=O) groups excluding carboxylic acids is 1. The molecule has 1 unspecified atom stereocenters. The highest BCUT2D eigenvalue weighted by molar-refractivity contribution is 5.85. The summed E-state index contributed by atoms with van der Waals surface area (Å²) in [7, 11) is 0. The maximum absolute atomic E-state index is 11.0. The molecule has 2 heteroatoms. The van der Waals surface area contributed by atoms with Gasteiger partial charge in [-0.25, -0.2) is 0 Å². The van der Waals surface area contributed by atoms with E-state index in [-0.39, 0.29) is 11.4 Å². The zero-order chi connectivity index (χ0) is 11.8. The van der Waals surface area contributed by atoms with E-state index < -0.39 is 0 Å². The van der Waals surface area contributed by atoms with Crippen LogP contribution < -0.4 is 5.32 Å². The number of β-lactam (4-membered cyclic amide) rings is 1. The van der Waals surface area contributed by atoms with Crippen LogP contribution in [0.15, 0.2) is 24.3 Å². The molecule has 0 bridgehead atoms. The van der Waals surface area contributed by atoms with E-state index in [1.54, 1.807) is 0 Å². The van der Waals surface area contributed by atoms with Gasteiger partial charge < -0.3 is 5.32 Å². The molecule has 16 heavy (non-hydrogen) atoms. The first-order valence-electron chi connectivity index (χ1n) is 5.90. The van der Waals surface area contributed by atoms with Crippen molar-refractivity contribution in [2.75, 3.05) is 0 Å². The molecule has 1 aromatic rings. The second kappa shape index (κ2) is 3.93. The van der Waals surface area contributed by atoms with E-state index >= 15 is 0 Å². The summed E-state index contributed by atoms with van der Waals surface area (Å²) in [5.74, 6) is 0.832. The first-order valence-corrected chi connectivity index (χ1v) is 5.90. The molecule has 1 amide bonds. The van der Waals surface area contributed by atoms with Gasteiger partial charge in [0.1, 0.15) is 0 Å². The first kappa shape index (κ1) is 11.2. The van der Waals surface area contributed by atoms with Crippen molar-refractivity contribution < 1.29 is 4.79 Å². The van der Waals surface area contributed by atoms with E-state index in [0.29, 0.717) is 12.3 Å². The lowest BCUT2D eigenvalue weighted by atomic mass is 9.82. The molecule has 2 nitrogen and oxygen atoms in total. The molecule has 1 aliphatic rings. The molecule has 1 aromatic carbocycles. The van der Waals surface area contributed by atoms with Crippen LogP contribution in [0.2, 0.25) is 0 Å².